The molecule has 1 unspecified atom stereocenters. The van der Waals surface area contributed by atoms with Gasteiger partial charge < -0.3 is 4.57 Å². The molecule has 1 aliphatic rings. The molecule has 23 heavy (non-hydrogen) atoms. The summed E-state index contributed by atoms with van der Waals surface area (Å²) in [6.45, 7) is 6.37. The van der Waals surface area contributed by atoms with Crippen LogP contribution in [0.3, 0.4) is 0 Å². The Labute approximate surface area is 138 Å². The lowest BCUT2D eigenvalue weighted by atomic mass is 10.1. The van der Waals surface area contributed by atoms with Gasteiger partial charge >= 0.3 is 0 Å². The van der Waals surface area contributed by atoms with Crippen LogP contribution in [0.2, 0.25) is 0 Å². The molecule has 1 fully saturated rings. The van der Waals surface area contributed by atoms with Crippen molar-refractivity contribution < 1.29 is 8.42 Å². The third-order valence-electron chi connectivity index (χ3n) is 4.70. The fraction of sp³-hybridized carbons (Fsp3) is 0.444. The third-order valence-corrected chi connectivity index (χ3v) is 6.91. The van der Waals surface area contributed by atoms with Crippen LogP contribution < -0.4 is 0 Å². The van der Waals surface area contributed by atoms with Crippen LogP contribution in [0, 0.1) is 20.8 Å². The van der Waals surface area contributed by atoms with Crippen molar-refractivity contribution in [3.05, 3.63) is 52.8 Å². The van der Waals surface area contributed by atoms with E-state index in [1.807, 2.05) is 62.8 Å². The van der Waals surface area contributed by atoms with E-state index in [9.17, 15) is 8.42 Å². The van der Waals surface area contributed by atoms with Crippen molar-refractivity contribution in [3.63, 3.8) is 0 Å². The summed E-state index contributed by atoms with van der Waals surface area (Å²) in [5.41, 5.74) is 3.83. The van der Waals surface area contributed by atoms with Crippen molar-refractivity contribution in [1.82, 2.24) is 8.87 Å². The van der Waals surface area contributed by atoms with Crippen LogP contribution >= 0.6 is 0 Å². The first-order valence-electron chi connectivity index (χ1n) is 8.03. The number of sulfonamides is 1. The molecule has 124 valence electrons. The van der Waals surface area contributed by atoms with Crippen molar-refractivity contribution in [3.8, 4) is 0 Å². The Kier molecular flexibility index (Phi) is 4.10. The molecule has 1 aromatic carbocycles. The highest BCUT2D eigenvalue weighted by molar-refractivity contribution is 7.89. The lowest BCUT2D eigenvalue weighted by Crippen LogP contribution is -2.32. The highest BCUT2D eigenvalue weighted by Crippen LogP contribution is 2.38. The van der Waals surface area contributed by atoms with E-state index in [4.69, 9.17) is 0 Å². The summed E-state index contributed by atoms with van der Waals surface area (Å²) >= 11 is 0. The van der Waals surface area contributed by atoms with E-state index < -0.39 is 10.0 Å². The molecule has 0 spiro atoms. The summed E-state index contributed by atoms with van der Waals surface area (Å²) in [6.07, 6.45) is 3.75. The molecule has 0 N–H and O–H groups in total. The SMILES string of the molecule is Cc1cc(C)c(S(=O)(=O)N2CCCC2c2cccn2C)c(C)c1. The molecule has 0 bridgehead atoms. The molecule has 2 heterocycles. The van der Waals surface area contributed by atoms with Crippen LogP contribution in [0.4, 0.5) is 0 Å². The molecule has 0 saturated carbocycles. The first-order chi connectivity index (χ1) is 10.8. The standard InChI is InChI=1S/C18H24N2O2S/c1-13-11-14(2)18(15(3)12-13)23(21,22)20-10-6-8-17(20)16-7-5-9-19(16)4/h5,7,9,11-12,17H,6,8,10H2,1-4H3. The van der Waals surface area contributed by atoms with Crippen LogP contribution in [0.1, 0.15) is 41.3 Å². The number of hydrogen-bond acceptors (Lipinski definition) is 2. The Bertz CT molecular complexity index is 813. The van der Waals surface area contributed by atoms with Gasteiger partial charge in [0.1, 0.15) is 0 Å². The van der Waals surface area contributed by atoms with E-state index in [0.29, 0.717) is 11.4 Å². The van der Waals surface area contributed by atoms with Crippen LogP contribution in [-0.2, 0) is 17.1 Å². The largest absolute Gasteiger partial charge is 0.353 e. The maximum absolute atomic E-state index is 13.3. The van der Waals surface area contributed by atoms with Gasteiger partial charge in [-0.3, -0.25) is 0 Å². The molecule has 1 atom stereocenters. The molecule has 0 aliphatic carbocycles. The average Bonchev–Trinajstić information content (AvgIpc) is 3.04. The number of aromatic nitrogens is 1. The summed E-state index contributed by atoms with van der Waals surface area (Å²) in [7, 11) is -1.52. The van der Waals surface area contributed by atoms with Gasteiger partial charge in [0.25, 0.3) is 0 Å². The zero-order valence-corrected chi connectivity index (χ0v) is 15.0. The number of rotatable bonds is 3. The average molecular weight is 332 g/mol. The normalized spacial score (nSPS) is 19.4. The number of nitrogens with zero attached hydrogens (tertiary/aromatic N) is 2. The Morgan fingerprint density at radius 3 is 2.35 bits per heavy atom. The molecule has 3 rings (SSSR count). The van der Waals surface area contributed by atoms with Gasteiger partial charge in [-0.15, -0.1) is 0 Å². The van der Waals surface area contributed by atoms with Crippen LogP contribution in [0.25, 0.3) is 0 Å². The first-order valence-corrected chi connectivity index (χ1v) is 9.47. The van der Waals surface area contributed by atoms with E-state index in [2.05, 4.69) is 0 Å². The molecular weight excluding hydrogens is 308 g/mol. The monoisotopic (exact) mass is 332 g/mol. The predicted octanol–water partition coefficient (Wildman–Crippen LogP) is 3.48. The minimum absolute atomic E-state index is 0.0693. The highest BCUT2D eigenvalue weighted by atomic mass is 32.2. The molecule has 1 saturated heterocycles. The summed E-state index contributed by atoms with van der Waals surface area (Å²) in [5, 5.41) is 0. The van der Waals surface area contributed by atoms with Crippen molar-refractivity contribution in [2.24, 2.45) is 7.05 Å². The van der Waals surface area contributed by atoms with E-state index in [1.165, 1.54) is 0 Å². The minimum atomic E-state index is -3.49. The zero-order chi connectivity index (χ0) is 16.8. The first kappa shape index (κ1) is 16.3. The lowest BCUT2D eigenvalue weighted by molar-refractivity contribution is 0.384. The zero-order valence-electron chi connectivity index (χ0n) is 14.2. The Hall–Kier alpha value is -1.59. The predicted molar refractivity (Wildman–Crippen MR) is 91.9 cm³/mol. The Balaban J connectivity index is 2.08. The van der Waals surface area contributed by atoms with Crippen molar-refractivity contribution in [2.75, 3.05) is 6.54 Å². The van der Waals surface area contributed by atoms with Crippen molar-refractivity contribution in [1.29, 1.82) is 0 Å². The second kappa shape index (κ2) is 5.80. The summed E-state index contributed by atoms with van der Waals surface area (Å²) in [6, 6.07) is 7.83. The third kappa shape index (κ3) is 2.72. The topological polar surface area (TPSA) is 42.3 Å². The van der Waals surface area contributed by atoms with Gasteiger partial charge in [-0.05, 0) is 56.9 Å². The van der Waals surface area contributed by atoms with E-state index >= 15 is 0 Å². The molecule has 0 radical (unpaired) electrons. The van der Waals surface area contributed by atoms with Crippen LogP contribution in [0.5, 0.6) is 0 Å². The summed E-state index contributed by atoms with van der Waals surface area (Å²) in [4.78, 5) is 0.476. The Morgan fingerprint density at radius 2 is 1.78 bits per heavy atom. The quantitative estimate of drug-likeness (QED) is 0.863. The molecule has 0 amide bonds. The van der Waals surface area contributed by atoms with Crippen molar-refractivity contribution >= 4 is 10.0 Å². The number of hydrogen-bond donors (Lipinski definition) is 0. The lowest BCUT2D eigenvalue weighted by Gasteiger charge is -2.26. The maximum atomic E-state index is 13.3. The van der Waals surface area contributed by atoms with Gasteiger partial charge in [0.15, 0.2) is 0 Å². The van der Waals surface area contributed by atoms with Gasteiger partial charge in [-0.1, -0.05) is 17.7 Å². The fourth-order valence-corrected chi connectivity index (χ4v) is 5.92. The molecule has 1 aromatic heterocycles. The van der Waals surface area contributed by atoms with Crippen molar-refractivity contribution in [2.45, 2.75) is 44.6 Å². The van der Waals surface area contributed by atoms with E-state index in [0.717, 1.165) is 35.2 Å². The highest BCUT2D eigenvalue weighted by Gasteiger charge is 2.38. The summed E-state index contributed by atoms with van der Waals surface area (Å²) < 4.78 is 30.4. The van der Waals surface area contributed by atoms with E-state index in [-0.39, 0.29) is 6.04 Å². The van der Waals surface area contributed by atoms with E-state index in [1.54, 1.807) is 4.31 Å². The van der Waals surface area contributed by atoms with Gasteiger partial charge in [0.2, 0.25) is 10.0 Å². The molecule has 4 nitrogen and oxygen atoms in total. The van der Waals surface area contributed by atoms with Gasteiger partial charge in [0.05, 0.1) is 10.9 Å². The second-order valence-electron chi connectivity index (χ2n) is 6.55. The smallest absolute Gasteiger partial charge is 0.244 e. The van der Waals surface area contributed by atoms with Crippen LogP contribution in [-0.4, -0.2) is 23.8 Å². The molecule has 1 aliphatic heterocycles. The fourth-order valence-electron chi connectivity index (χ4n) is 3.83. The van der Waals surface area contributed by atoms with Crippen LogP contribution in [0.15, 0.2) is 35.4 Å². The minimum Gasteiger partial charge on any atom is -0.353 e. The maximum Gasteiger partial charge on any atom is 0.244 e. The number of benzene rings is 1. The molecule has 2 aromatic rings. The molecular formula is C18H24N2O2S. The van der Waals surface area contributed by atoms with Gasteiger partial charge in [-0.25, -0.2) is 8.42 Å². The summed E-state index contributed by atoms with van der Waals surface area (Å²) in [5.74, 6) is 0. The number of aryl methyl sites for hydroxylation is 4. The molecule has 5 heteroatoms. The van der Waals surface area contributed by atoms with Gasteiger partial charge in [-0.2, -0.15) is 4.31 Å². The van der Waals surface area contributed by atoms with Gasteiger partial charge in [0, 0.05) is 25.5 Å². The Morgan fingerprint density at radius 1 is 1.13 bits per heavy atom. The second-order valence-corrected chi connectivity index (χ2v) is 8.37.